The molecule has 1 atom stereocenters. The number of hydrogen-bond acceptors (Lipinski definition) is 5. The van der Waals surface area contributed by atoms with Crippen molar-refractivity contribution >= 4 is 5.91 Å². The number of hydrogen-bond donors (Lipinski definition) is 1. The Morgan fingerprint density at radius 3 is 2.24 bits per heavy atom. The van der Waals surface area contributed by atoms with Crippen LogP contribution in [0.5, 0.6) is 0 Å². The van der Waals surface area contributed by atoms with E-state index in [0.717, 1.165) is 10.5 Å². The largest absolute Gasteiger partial charge is 0.426 e. The maximum Gasteiger partial charge on any atom is 0.426 e. The van der Waals surface area contributed by atoms with Crippen LogP contribution in [0.4, 0.5) is 13.2 Å². The zero-order valence-corrected chi connectivity index (χ0v) is 16.5. The Hall–Kier alpha value is -2.42. The fourth-order valence-electron chi connectivity index (χ4n) is 3.59. The van der Waals surface area contributed by atoms with Crippen LogP contribution in [0, 0.1) is 5.92 Å². The molecule has 9 heteroatoms. The van der Waals surface area contributed by atoms with Gasteiger partial charge in [0.25, 0.3) is 5.91 Å². The van der Waals surface area contributed by atoms with Gasteiger partial charge in [-0.25, -0.2) is 0 Å². The normalized spacial score (nSPS) is 18.5. The summed E-state index contributed by atoms with van der Waals surface area (Å²) in [5.74, 6) is -0.428. The zero-order valence-electron chi connectivity index (χ0n) is 16.5. The topological polar surface area (TPSA) is 79.5 Å². The molecule has 1 N–H and O–H groups in total. The number of piperidine rings is 1. The van der Waals surface area contributed by atoms with Gasteiger partial charge in [-0.2, -0.15) is 13.2 Å². The molecule has 2 aromatic rings. The van der Waals surface area contributed by atoms with Gasteiger partial charge < -0.3 is 14.4 Å². The average Bonchev–Trinajstić information content (AvgIpc) is 3.18. The molecule has 158 valence electrons. The summed E-state index contributed by atoms with van der Waals surface area (Å²) in [6.07, 6.45) is -4.08. The fourth-order valence-corrected chi connectivity index (χ4v) is 3.59. The number of amides is 1. The van der Waals surface area contributed by atoms with Gasteiger partial charge in [0.15, 0.2) is 0 Å². The summed E-state index contributed by atoms with van der Waals surface area (Å²) in [5, 5.41) is 17.9. The molecule has 1 aliphatic rings. The number of benzene rings is 1. The lowest BCUT2D eigenvalue weighted by Crippen LogP contribution is -2.58. The van der Waals surface area contributed by atoms with Gasteiger partial charge >= 0.3 is 6.18 Å². The Morgan fingerprint density at radius 1 is 1.10 bits per heavy atom. The molecule has 6 nitrogen and oxygen atoms in total. The maximum atomic E-state index is 12.9. The number of alkyl halides is 3. The molecule has 1 aromatic heterocycles. The van der Waals surface area contributed by atoms with Crippen molar-refractivity contribution in [3.8, 4) is 11.5 Å². The van der Waals surface area contributed by atoms with E-state index in [1.54, 1.807) is 0 Å². The van der Waals surface area contributed by atoms with Crippen LogP contribution >= 0.6 is 0 Å². The molecule has 1 saturated heterocycles. The maximum absolute atomic E-state index is 12.9. The first-order chi connectivity index (χ1) is 13.4. The van der Waals surface area contributed by atoms with Crippen molar-refractivity contribution in [3.05, 3.63) is 36.2 Å². The smallest absolute Gasteiger partial charge is 0.420 e. The predicted octanol–water partition coefficient (Wildman–Crippen LogP) is 3.57. The second-order valence-electron chi connectivity index (χ2n) is 8.14. The van der Waals surface area contributed by atoms with E-state index in [0.29, 0.717) is 31.5 Å². The van der Waals surface area contributed by atoms with Gasteiger partial charge in [0.05, 0.1) is 0 Å². The van der Waals surface area contributed by atoms with Gasteiger partial charge in [-0.3, -0.25) is 4.79 Å². The summed E-state index contributed by atoms with van der Waals surface area (Å²) in [4.78, 5) is 13.2. The van der Waals surface area contributed by atoms with E-state index in [1.807, 2.05) is 44.2 Å². The molecular formula is C20H24F3N3O3. The zero-order chi connectivity index (χ0) is 21.4. The van der Waals surface area contributed by atoms with Crippen LogP contribution in [0.3, 0.4) is 0 Å². The number of aliphatic hydroxyl groups is 1. The third-order valence-corrected chi connectivity index (χ3v) is 5.77. The van der Waals surface area contributed by atoms with Crippen molar-refractivity contribution in [2.45, 2.75) is 50.8 Å². The predicted molar refractivity (Wildman–Crippen MR) is 98.7 cm³/mol. The van der Waals surface area contributed by atoms with Crippen LogP contribution in [-0.2, 0) is 10.2 Å². The van der Waals surface area contributed by atoms with Crippen LogP contribution in [-0.4, -0.2) is 51.0 Å². The monoisotopic (exact) mass is 411 g/mol. The molecule has 0 saturated carbocycles. The highest BCUT2D eigenvalue weighted by Crippen LogP contribution is 2.39. The van der Waals surface area contributed by atoms with Crippen molar-refractivity contribution in [1.82, 2.24) is 15.1 Å². The SMILES string of the molecule is CC(C)(c1nnc(-c2ccccc2)o1)C1CCN(C(=O)C(C)(O)C(F)(F)F)CC1. The summed E-state index contributed by atoms with van der Waals surface area (Å²) < 4.78 is 44.7. The van der Waals surface area contributed by atoms with Gasteiger partial charge in [0.2, 0.25) is 17.4 Å². The van der Waals surface area contributed by atoms with Gasteiger partial charge in [-0.15, -0.1) is 10.2 Å². The Bertz CT molecular complexity index is 855. The Morgan fingerprint density at radius 2 is 1.69 bits per heavy atom. The first-order valence-corrected chi connectivity index (χ1v) is 9.42. The van der Waals surface area contributed by atoms with Crippen LogP contribution in [0.25, 0.3) is 11.5 Å². The Balaban J connectivity index is 1.69. The highest BCUT2D eigenvalue weighted by molar-refractivity contribution is 5.85. The quantitative estimate of drug-likeness (QED) is 0.832. The molecule has 29 heavy (non-hydrogen) atoms. The molecule has 1 unspecified atom stereocenters. The number of nitrogens with zero attached hydrogens (tertiary/aromatic N) is 3. The average molecular weight is 411 g/mol. The van der Waals surface area contributed by atoms with Crippen LogP contribution in [0.2, 0.25) is 0 Å². The van der Waals surface area contributed by atoms with E-state index in [4.69, 9.17) is 4.42 Å². The van der Waals surface area contributed by atoms with Gasteiger partial charge in [0, 0.05) is 24.1 Å². The van der Waals surface area contributed by atoms with E-state index in [9.17, 15) is 23.1 Å². The van der Waals surface area contributed by atoms with E-state index < -0.39 is 23.1 Å². The van der Waals surface area contributed by atoms with Crippen molar-refractivity contribution in [1.29, 1.82) is 0 Å². The minimum Gasteiger partial charge on any atom is -0.420 e. The standard InChI is InChI=1S/C20H24F3N3O3/c1-18(2,16-25-24-15(29-16)13-7-5-4-6-8-13)14-9-11-26(12-10-14)17(27)19(3,28)20(21,22)23/h4-8,14,28H,9-12H2,1-3H3. The lowest BCUT2D eigenvalue weighted by atomic mass is 9.73. The second kappa shape index (κ2) is 7.44. The van der Waals surface area contributed by atoms with E-state index in [2.05, 4.69) is 10.2 Å². The van der Waals surface area contributed by atoms with E-state index in [-0.39, 0.29) is 19.0 Å². The summed E-state index contributed by atoms with van der Waals surface area (Å²) in [5.41, 5.74) is -3.09. The molecule has 1 fully saturated rings. The first-order valence-electron chi connectivity index (χ1n) is 9.42. The summed E-state index contributed by atoms with van der Waals surface area (Å²) in [6.45, 7) is 4.64. The molecule has 3 rings (SSSR count). The first kappa shape index (κ1) is 21.3. The summed E-state index contributed by atoms with van der Waals surface area (Å²) >= 11 is 0. The minimum atomic E-state index is -5.02. The Kier molecular flexibility index (Phi) is 5.46. The number of carbonyl (C=O) groups is 1. The number of aromatic nitrogens is 2. The van der Waals surface area contributed by atoms with Gasteiger partial charge in [-0.1, -0.05) is 32.0 Å². The molecule has 1 aromatic carbocycles. The minimum absolute atomic E-state index is 0.0338. The van der Waals surface area contributed by atoms with Crippen molar-refractivity contribution in [3.63, 3.8) is 0 Å². The third-order valence-electron chi connectivity index (χ3n) is 5.77. The Labute approximate surface area is 166 Å². The third kappa shape index (κ3) is 4.01. The molecule has 0 aliphatic carbocycles. The molecule has 0 bridgehead atoms. The van der Waals surface area contributed by atoms with Crippen LogP contribution in [0.15, 0.2) is 34.7 Å². The van der Waals surface area contributed by atoms with Gasteiger partial charge in [-0.05, 0) is 37.8 Å². The molecule has 0 radical (unpaired) electrons. The van der Waals surface area contributed by atoms with E-state index in [1.165, 1.54) is 0 Å². The lowest BCUT2D eigenvalue weighted by molar-refractivity contribution is -0.250. The highest BCUT2D eigenvalue weighted by Gasteiger charge is 2.57. The molecule has 1 aliphatic heterocycles. The fraction of sp³-hybridized carbons (Fsp3) is 0.550. The number of halogens is 3. The van der Waals surface area contributed by atoms with Gasteiger partial charge in [0.1, 0.15) is 0 Å². The molecule has 1 amide bonds. The number of carbonyl (C=O) groups excluding carboxylic acids is 1. The van der Waals surface area contributed by atoms with Crippen molar-refractivity contribution in [2.75, 3.05) is 13.1 Å². The number of rotatable bonds is 4. The van der Waals surface area contributed by atoms with Crippen molar-refractivity contribution < 1.29 is 27.5 Å². The van der Waals surface area contributed by atoms with Crippen molar-refractivity contribution in [2.24, 2.45) is 5.92 Å². The molecular weight excluding hydrogens is 387 g/mol. The van der Waals surface area contributed by atoms with Crippen LogP contribution in [0.1, 0.15) is 39.5 Å². The van der Waals surface area contributed by atoms with Crippen LogP contribution < -0.4 is 0 Å². The summed E-state index contributed by atoms with van der Waals surface area (Å²) in [6, 6.07) is 9.34. The van der Waals surface area contributed by atoms with E-state index >= 15 is 0 Å². The summed E-state index contributed by atoms with van der Waals surface area (Å²) in [7, 11) is 0. The highest BCUT2D eigenvalue weighted by atomic mass is 19.4. The molecule has 0 spiro atoms. The lowest BCUT2D eigenvalue weighted by Gasteiger charge is -2.40. The number of likely N-dealkylation sites (tertiary alicyclic amines) is 1. The second-order valence-corrected chi connectivity index (χ2v) is 8.14. The molecule has 2 heterocycles.